The Kier molecular flexibility index (Phi) is 3.47. The number of aromatic nitrogens is 1. The third-order valence-electron chi connectivity index (χ3n) is 3.79. The summed E-state index contributed by atoms with van der Waals surface area (Å²) in [6.45, 7) is 3.28. The Morgan fingerprint density at radius 1 is 1.11 bits per heavy atom. The van der Waals surface area contributed by atoms with Gasteiger partial charge in [-0.15, -0.1) is 0 Å². The van der Waals surface area contributed by atoms with E-state index in [2.05, 4.69) is 28.1 Å². The Balaban J connectivity index is 1.59. The summed E-state index contributed by atoms with van der Waals surface area (Å²) in [6.07, 6.45) is 6.10. The smallest absolute Gasteiger partial charge is 0.0314 e. The molecule has 0 unspecified atom stereocenters. The van der Waals surface area contributed by atoms with Crippen LogP contribution < -0.4 is 5.73 Å². The van der Waals surface area contributed by atoms with Crippen molar-refractivity contribution in [3.05, 3.63) is 59.4 Å². The van der Waals surface area contributed by atoms with Gasteiger partial charge in [-0.25, -0.2) is 0 Å². The molecule has 0 fully saturated rings. The van der Waals surface area contributed by atoms with E-state index in [0.717, 1.165) is 38.2 Å². The van der Waals surface area contributed by atoms with E-state index in [1.807, 2.05) is 24.5 Å². The fourth-order valence-corrected chi connectivity index (χ4v) is 2.60. The Morgan fingerprint density at radius 3 is 2.79 bits per heavy atom. The van der Waals surface area contributed by atoms with Crippen LogP contribution in [0.5, 0.6) is 0 Å². The standard InChI is InChI=1S/C16H19N3/c17-16-3-1-13(2-4-16)6-9-19-10-7-14-11-18-8-5-15(14)12-19/h1-5,8,11H,6-7,9-10,12,17H2. The highest BCUT2D eigenvalue weighted by Gasteiger charge is 2.15. The molecule has 2 heterocycles. The lowest BCUT2D eigenvalue weighted by Crippen LogP contribution is -2.32. The molecule has 0 amide bonds. The van der Waals surface area contributed by atoms with Crippen LogP contribution >= 0.6 is 0 Å². The lowest BCUT2D eigenvalue weighted by atomic mass is 10.0. The molecule has 2 N–H and O–H groups in total. The summed E-state index contributed by atoms with van der Waals surface area (Å²) in [5.41, 5.74) is 10.7. The van der Waals surface area contributed by atoms with Crippen LogP contribution in [-0.2, 0) is 19.4 Å². The molecule has 0 bridgehead atoms. The first-order valence-electron chi connectivity index (χ1n) is 6.80. The van der Waals surface area contributed by atoms with Crippen molar-refractivity contribution in [3.63, 3.8) is 0 Å². The van der Waals surface area contributed by atoms with Gasteiger partial charge < -0.3 is 5.73 Å². The van der Waals surface area contributed by atoms with Gasteiger partial charge in [-0.1, -0.05) is 12.1 Å². The highest BCUT2D eigenvalue weighted by molar-refractivity contribution is 5.39. The lowest BCUT2D eigenvalue weighted by Gasteiger charge is -2.28. The zero-order valence-corrected chi connectivity index (χ0v) is 11.0. The number of nitrogens with two attached hydrogens (primary N) is 1. The molecule has 3 nitrogen and oxygen atoms in total. The minimum absolute atomic E-state index is 0.836. The van der Waals surface area contributed by atoms with Gasteiger partial charge in [0, 0.05) is 37.7 Å². The second-order valence-electron chi connectivity index (χ2n) is 5.16. The summed E-state index contributed by atoms with van der Waals surface area (Å²) in [5, 5.41) is 0. The number of rotatable bonds is 3. The van der Waals surface area contributed by atoms with Crippen LogP contribution in [0.15, 0.2) is 42.7 Å². The van der Waals surface area contributed by atoms with Gasteiger partial charge in [-0.3, -0.25) is 9.88 Å². The minimum atomic E-state index is 0.836. The minimum Gasteiger partial charge on any atom is -0.399 e. The monoisotopic (exact) mass is 253 g/mol. The molecule has 3 heteroatoms. The molecule has 0 spiro atoms. The molecule has 0 atom stereocenters. The van der Waals surface area contributed by atoms with Gasteiger partial charge >= 0.3 is 0 Å². The maximum Gasteiger partial charge on any atom is 0.0314 e. The van der Waals surface area contributed by atoms with Gasteiger partial charge in [-0.2, -0.15) is 0 Å². The molecule has 3 rings (SSSR count). The average Bonchev–Trinajstić information content (AvgIpc) is 2.46. The van der Waals surface area contributed by atoms with E-state index in [1.54, 1.807) is 0 Å². The van der Waals surface area contributed by atoms with E-state index < -0.39 is 0 Å². The van der Waals surface area contributed by atoms with Crippen LogP contribution in [0.1, 0.15) is 16.7 Å². The Morgan fingerprint density at radius 2 is 1.95 bits per heavy atom. The third kappa shape index (κ3) is 2.93. The number of hydrogen-bond acceptors (Lipinski definition) is 3. The zero-order chi connectivity index (χ0) is 13.1. The molecule has 0 radical (unpaired) electrons. The molecular weight excluding hydrogens is 234 g/mol. The van der Waals surface area contributed by atoms with Crippen molar-refractivity contribution in [1.29, 1.82) is 0 Å². The zero-order valence-electron chi connectivity index (χ0n) is 11.0. The topological polar surface area (TPSA) is 42.1 Å². The predicted molar refractivity (Wildman–Crippen MR) is 77.8 cm³/mol. The number of fused-ring (bicyclic) bond motifs is 1. The van der Waals surface area contributed by atoms with E-state index in [-0.39, 0.29) is 0 Å². The van der Waals surface area contributed by atoms with Crippen LogP contribution in [0.2, 0.25) is 0 Å². The van der Waals surface area contributed by atoms with Gasteiger partial charge in [0.25, 0.3) is 0 Å². The van der Waals surface area contributed by atoms with Crippen molar-refractivity contribution in [1.82, 2.24) is 9.88 Å². The van der Waals surface area contributed by atoms with Gasteiger partial charge in [0.1, 0.15) is 0 Å². The Hall–Kier alpha value is -1.87. The van der Waals surface area contributed by atoms with Gasteiger partial charge in [0.05, 0.1) is 0 Å². The first-order valence-corrected chi connectivity index (χ1v) is 6.80. The van der Waals surface area contributed by atoms with Crippen molar-refractivity contribution >= 4 is 5.69 Å². The highest BCUT2D eigenvalue weighted by atomic mass is 15.1. The predicted octanol–water partition coefficient (Wildman–Crippen LogP) is 2.26. The Labute approximate surface area is 114 Å². The van der Waals surface area contributed by atoms with E-state index in [4.69, 9.17) is 5.73 Å². The van der Waals surface area contributed by atoms with Crippen molar-refractivity contribution in [2.45, 2.75) is 19.4 Å². The number of nitrogen functional groups attached to an aromatic ring is 1. The van der Waals surface area contributed by atoms with Crippen molar-refractivity contribution in [2.75, 3.05) is 18.8 Å². The quantitative estimate of drug-likeness (QED) is 0.853. The fourth-order valence-electron chi connectivity index (χ4n) is 2.60. The molecule has 2 aromatic rings. The first kappa shape index (κ1) is 12.2. The van der Waals surface area contributed by atoms with Crippen molar-refractivity contribution in [2.24, 2.45) is 0 Å². The number of anilines is 1. The van der Waals surface area contributed by atoms with Crippen LogP contribution in [0.3, 0.4) is 0 Å². The van der Waals surface area contributed by atoms with Gasteiger partial charge in [0.2, 0.25) is 0 Å². The van der Waals surface area contributed by atoms with E-state index in [9.17, 15) is 0 Å². The summed E-state index contributed by atoms with van der Waals surface area (Å²) in [7, 11) is 0. The van der Waals surface area contributed by atoms with Crippen molar-refractivity contribution < 1.29 is 0 Å². The second kappa shape index (κ2) is 5.41. The van der Waals surface area contributed by atoms with Crippen LogP contribution in [0.25, 0.3) is 0 Å². The van der Waals surface area contributed by atoms with Crippen molar-refractivity contribution in [3.8, 4) is 0 Å². The fraction of sp³-hybridized carbons (Fsp3) is 0.312. The summed E-state index contributed by atoms with van der Waals surface area (Å²) < 4.78 is 0. The molecule has 0 aliphatic carbocycles. The molecule has 1 aliphatic rings. The van der Waals surface area contributed by atoms with Gasteiger partial charge in [0.15, 0.2) is 0 Å². The summed E-state index contributed by atoms with van der Waals surface area (Å²) in [6, 6.07) is 10.3. The lowest BCUT2D eigenvalue weighted by molar-refractivity contribution is 0.257. The molecule has 0 saturated heterocycles. The summed E-state index contributed by atoms with van der Waals surface area (Å²) in [4.78, 5) is 6.71. The van der Waals surface area contributed by atoms with Crippen LogP contribution in [-0.4, -0.2) is 23.0 Å². The van der Waals surface area contributed by atoms with Crippen LogP contribution in [0.4, 0.5) is 5.69 Å². The molecule has 98 valence electrons. The molecular formula is C16H19N3. The number of nitrogens with zero attached hydrogens (tertiary/aromatic N) is 2. The average molecular weight is 253 g/mol. The largest absolute Gasteiger partial charge is 0.399 e. The van der Waals surface area contributed by atoms with Crippen LogP contribution in [0, 0.1) is 0 Å². The first-order chi connectivity index (χ1) is 9.31. The number of pyridine rings is 1. The van der Waals surface area contributed by atoms with E-state index in [0.29, 0.717) is 0 Å². The normalized spacial score (nSPS) is 15.2. The Bertz CT molecular complexity index is 548. The maximum absolute atomic E-state index is 5.70. The third-order valence-corrected chi connectivity index (χ3v) is 3.79. The molecule has 1 aliphatic heterocycles. The van der Waals surface area contributed by atoms with Gasteiger partial charge in [-0.05, 0) is 47.7 Å². The maximum atomic E-state index is 5.70. The highest BCUT2D eigenvalue weighted by Crippen LogP contribution is 2.17. The molecule has 0 saturated carbocycles. The van der Waals surface area contributed by atoms with E-state index in [1.165, 1.54) is 16.7 Å². The molecule has 1 aromatic carbocycles. The molecule has 19 heavy (non-hydrogen) atoms. The second-order valence-corrected chi connectivity index (χ2v) is 5.16. The van der Waals surface area contributed by atoms with E-state index >= 15 is 0 Å². The SMILES string of the molecule is Nc1ccc(CCN2CCc3cnccc3C2)cc1. The summed E-state index contributed by atoms with van der Waals surface area (Å²) >= 11 is 0. The number of benzene rings is 1. The number of hydrogen-bond donors (Lipinski definition) is 1. The summed E-state index contributed by atoms with van der Waals surface area (Å²) in [5.74, 6) is 0. The molecule has 1 aromatic heterocycles.